The van der Waals surface area contributed by atoms with E-state index in [0.717, 1.165) is 18.4 Å². The number of aromatic nitrogens is 2. The summed E-state index contributed by atoms with van der Waals surface area (Å²) in [6, 6.07) is 9.90. The van der Waals surface area contributed by atoms with Gasteiger partial charge >= 0.3 is 0 Å². The molecule has 0 saturated heterocycles. The Bertz CT molecular complexity index is 1010. The second-order valence-electron chi connectivity index (χ2n) is 8.07. The second kappa shape index (κ2) is 6.08. The number of fused-ring (bicyclic) bond motifs is 1. The summed E-state index contributed by atoms with van der Waals surface area (Å²) in [5.41, 5.74) is 1.45. The maximum absolute atomic E-state index is 13.2. The van der Waals surface area contributed by atoms with Crippen molar-refractivity contribution in [3.63, 3.8) is 0 Å². The number of furan rings is 1. The van der Waals surface area contributed by atoms with Crippen molar-refractivity contribution in [3.8, 4) is 0 Å². The summed E-state index contributed by atoms with van der Waals surface area (Å²) in [6.45, 7) is 7.90. The molecule has 1 amide bonds. The molecule has 2 N–H and O–H groups in total. The lowest BCUT2D eigenvalue weighted by Gasteiger charge is -2.27. The van der Waals surface area contributed by atoms with Gasteiger partial charge < -0.3 is 15.1 Å². The number of carbonyl (C=O) groups excluding carboxylic acids is 1. The first-order chi connectivity index (χ1) is 12.8. The molecule has 0 aliphatic heterocycles. The summed E-state index contributed by atoms with van der Waals surface area (Å²) in [5, 5.41) is 7.22. The first-order valence-corrected chi connectivity index (χ1v) is 9.19. The molecule has 1 aliphatic carbocycles. The summed E-state index contributed by atoms with van der Waals surface area (Å²) < 4.78 is 5.76. The van der Waals surface area contributed by atoms with E-state index in [2.05, 4.69) is 27.5 Å². The smallest absolute Gasteiger partial charge is 0.256 e. The Balaban J connectivity index is 0.00000225. The van der Waals surface area contributed by atoms with Gasteiger partial charge in [0.15, 0.2) is 0 Å². The maximum Gasteiger partial charge on any atom is 0.256 e. The molecule has 4 rings (SSSR count). The lowest BCUT2D eigenvalue weighted by atomic mass is 9.94. The fourth-order valence-corrected chi connectivity index (χ4v) is 3.28. The molecule has 1 aromatic carbocycles. The van der Waals surface area contributed by atoms with Gasteiger partial charge in [-0.3, -0.25) is 4.79 Å². The minimum absolute atomic E-state index is 0. The van der Waals surface area contributed by atoms with Crippen molar-refractivity contribution in [2.24, 2.45) is 0 Å². The Hall–Kier alpha value is -2.89. The lowest BCUT2D eigenvalue weighted by Crippen LogP contribution is -2.41. The Morgan fingerprint density at radius 1 is 1.22 bits per heavy atom. The van der Waals surface area contributed by atoms with E-state index in [9.17, 15) is 4.79 Å². The number of hydrogen-bond donors (Lipinski definition) is 2. The summed E-state index contributed by atoms with van der Waals surface area (Å²) in [7, 11) is 0. The van der Waals surface area contributed by atoms with E-state index < -0.39 is 5.54 Å². The number of benzene rings is 1. The molecule has 0 spiro atoms. The molecule has 1 saturated carbocycles. The lowest BCUT2D eigenvalue weighted by molar-refractivity contribution is 0.0912. The molecular formula is C21H26N4O2. The standard InChI is InChI=1S/C21H24N4O2.H2/c1-13-15(18(26)25-20(2,3)14-8-6-5-7-9-14)16-17(24-21(4)10-11-21)22-12-23-19(16)27-13;/h5-9,12H,10-11H2,1-4H3,(H,25,26)(H,22,23,24);1H. The highest BCUT2D eigenvalue weighted by Gasteiger charge is 2.38. The number of rotatable bonds is 5. The molecule has 0 bridgehead atoms. The molecule has 1 fully saturated rings. The Kier molecular flexibility index (Phi) is 3.94. The molecule has 142 valence electrons. The summed E-state index contributed by atoms with van der Waals surface area (Å²) in [5.74, 6) is 0.995. The SMILES string of the molecule is Cc1oc2ncnc(NC3(C)CC3)c2c1C(=O)NC(C)(C)c1ccccc1.[HH]. The van der Waals surface area contributed by atoms with Gasteiger partial charge in [0.25, 0.3) is 5.91 Å². The number of carbonyl (C=O) groups is 1. The highest BCUT2D eigenvalue weighted by Crippen LogP contribution is 2.40. The monoisotopic (exact) mass is 366 g/mol. The van der Waals surface area contributed by atoms with Gasteiger partial charge in [-0.15, -0.1) is 0 Å². The van der Waals surface area contributed by atoms with Crippen molar-refractivity contribution < 1.29 is 10.6 Å². The van der Waals surface area contributed by atoms with Crippen LogP contribution < -0.4 is 10.6 Å². The molecule has 27 heavy (non-hydrogen) atoms. The predicted molar refractivity (Wildman–Crippen MR) is 107 cm³/mol. The van der Waals surface area contributed by atoms with Crippen LogP contribution in [0.2, 0.25) is 0 Å². The fraction of sp³-hybridized carbons (Fsp3) is 0.381. The van der Waals surface area contributed by atoms with Crippen LogP contribution in [0.15, 0.2) is 41.1 Å². The van der Waals surface area contributed by atoms with E-state index >= 15 is 0 Å². The zero-order valence-corrected chi connectivity index (χ0v) is 16.1. The third-order valence-corrected chi connectivity index (χ3v) is 5.23. The van der Waals surface area contributed by atoms with Crippen molar-refractivity contribution in [3.05, 3.63) is 53.5 Å². The van der Waals surface area contributed by atoms with Gasteiger partial charge in [-0.05, 0) is 46.1 Å². The average molecular weight is 366 g/mol. The van der Waals surface area contributed by atoms with E-state index in [4.69, 9.17) is 4.42 Å². The molecular weight excluding hydrogens is 340 g/mol. The first-order valence-electron chi connectivity index (χ1n) is 9.19. The number of amides is 1. The van der Waals surface area contributed by atoms with Crippen LogP contribution in [0.4, 0.5) is 5.82 Å². The van der Waals surface area contributed by atoms with Gasteiger partial charge in [0.2, 0.25) is 5.71 Å². The van der Waals surface area contributed by atoms with Gasteiger partial charge in [0, 0.05) is 6.97 Å². The number of anilines is 1. The first kappa shape index (κ1) is 17.5. The van der Waals surface area contributed by atoms with Crippen LogP contribution in [-0.4, -0.2) is 21.4 Å². The third kappa shape index (κ3) is 3.27. The van der Waals surface area contributed by atoms with Crippen molar-refractivity contribution >= 4 is 22.8 Å². The van der Waals surface area contributed by atoms with Crippen LogP contribution in [0.3, 0.4) is 0 Å². The minimum atomic E-state index is -0.528. The predicted octanol–water partition coefficient (Wildman–Crippen LogP) is 4.41. The molecule has 0 radical (unpaired) electrons. The van der Waals surface area contributed by atoms with Crippen LogP contribution >= 0.6 is 0 Å². The highest BCUT2D eigenvalue weighted by molar-refractivity contribution is 6.10. The molecule has 6 nitrogen and oxygen atoms in total. The largest absolute Gasteiger partial charge is 0.442 e. The number of nitrogens with zero attached hydrogens (tertiary/aromatic N) is 2. The van der Waals surface area contributed by atoms with E-state index in [1.54, 1.807) is 6.92 Å². The molecule has 1 aliphatic rings. The summed E-state index contributed by atoms with van der Waals surface area (Å²) in [4.78, 5) is 21.8. The normalized spacial score (nSPS) is 15.6. The van der Waals surface area contributed by atoms with Gasteiger partial charge in [-0.25, -0.2) is 9.97 Å². The number of aryl methyl sites for hydroxylation is 1. The van der Waals surface area contributed by atoms with E-state index in [1.165, 1.54) is 6.33 Å². The quantitative estimate of drug-likeness (QED) is 0.699. The van der Waals surface area contributed by atoms with Crippen molar-refractivity contribution in [2.75, 3.05) is 5.32 Å². The van der Waals surface area contributed by atoms with Crippen LogP contribution in [-0.2, 0) is 5.54 Å². The third-order valence-electron chi connectivity index (χ3n) is 5.23. The van der Waals surface area contributed by atoms with Crippen LogP contribution in [0.25, 0.3) is 11.1 Å². The molecule has 3 aromatic rings. The average Bonchev–Trinajstić information content (AvgIpc) is 3.23. The topological polar surface area (TPSA) is 80.1 Å². The summed E-state index contributed by atoms with van der Waals surface area (Å²) >= 11 is 0. The van der Waals surface area contributed by atoms with Gasteiger partial charge in [-0.2, -0.15) is 0 Å². The second-order valence-corrected chi connectivity index (χ2v) is 8.07. The van der Waals surface area contributed by atoms with Crippen LogP contribution in [0, 0.1) is 6.92 Å². The Morgan fingerprint density at radius 2 is 1.93 bits per heavy atom. The van der Waals surface area contributed by atoms with Crippen molar-refractivity contribution in [1.82, 2.24) is 15.3 Å². The zero-order valence-electron chi connectivity index (χ0n) is 16.1. The molecule has 0 unspecified atom stereocenters. The van der Waals surface area contributed by atoms with Gasteiger partial charge in [0.1, 0.15) is 17.9 Å². The van der Waals surface area contributed by atoms with E-state index in [0.29, 0.717) is 28.2 Å². The van der Waals surface area contributed by atoms with Crippen molar-refractivity contribution in [2.45, 2.75) is 51.6 Å². The minimum Gasteiger partial charge on any atom is -0.442 e. The van der Waals surface area contributed by atoms with E-state index in [1.807, 2.05) is 44.2 Å². The Morgan fingerprint density at radius 3 is 2.59 bits per heavy atom. The maximum atomic E-state index is 13.2. The summed E-state index contributed by atoms with van der Waals surface area (Å²) in [6.07, 6.45) is 3.63. The molecule has 6 heteroatoms. The van der Waals surface area contributed by atoms with Gasteiger partial charge in [0.05, 0.1) is 16.5 Å². The number of hydrogen-bond acceptors (Lipinski definition) is 5. The fourth-order valence-electron chi connectivity index (χ4n) is 3.28. The molecule has 2 aromatic heterocycles. The Labute approximate surface area is 159 Å². The molecule has 0 atom stereocenters. The molecule has 2 heterocycles. The van der Waals surface area contributed by atoms with Gasteiger partial charge in [-0.1, -0.05) is 30.3 Å². The number of nitrogens with one attached hydrogen (secondary N) is 2. The van der Waals surface area contributed by atoms with Crippen molar-refractivity contribution in [1.29, 1.82) is 0 Å². The van der Waals surface area contributed by atoms with Crippen LogP contribution in [0.1, 0.15) is 56.7 Å². The van der Waals surface area contributed by atoms with Crippen LogP contribution in [0.5, 0.6) is 0 Å². The van der Waals surface area contributed by atoms with E-state index in [-0.39, 0.29) is 12.9 Å². The highest BCUT2D eigenvalue weighted by atomic mass is 16.3. The zero-order chi connectivity index (χ0) is 19.2.